The van der Waals surface area contributed by atoms with Gasteiger partial charge in [-0.05, 0) is 19.9 Å². The fourth-order valence-corrected chi connectivity index (χ4v) is 2.46. The number of carboxylic acids is 1. The first-order valence-electron chi connectivity index (χ1n) is 5.95. The number of aliphatic hydroxyl groups excluding tert-OH is 1. The summed E-state index contributed by atoms with van der Waals surface area (Å²) in [6.07, 6.45) is -1.69. The van der Waals surface area contributed by atoms with Crippen LogP contribution in [0.2, 0.25) is 0 Å². The second-order valence-electron chi connectivity index (χ2n) is 5.15. The number of amides is 1. The summed E-state index contributed by atoms with van der Waals surface area (Å²) in [4.78, 5) is 22.2. The first-order valence-corrected chi connectivity index (χ1v) is 5.95. The van der Waals surface area contributed by atoms with E-state index >= 15 is 0 Å². The fraction of sp³-hybridized carbons (Fsp3) is 0.667. The van der Waals surface area contributed by atoms with Gasteiger partial charge in [-0.15, -0.1) is 0 Å². The Hall–Kier alpha value is -0.440. The summed E-state index contributed by atoms with van der Waals surface area (Å²) in [7, 11) is 0. The number of carbonyl (C=O) groups is 2. The Morgan fingerprint density at radius 1 is 1.40 bits per heavy atom. The molecular formula is C12H16NNaO6. The molecule has 0 bridgehead atoms. The molecule has 0 aromatic heterocycles. The van der Waals surface area contributed by atoms with Crippen LogP contribution in [0.4, 0.5) is 0 Å². The number of hydrogen-bond acceptors (Lipinski definition) is 6. The SMILES string of the molecule is CC(=O)N[C@H]1[C@@H]2OC(C)(C)O[C@@H]2C(C(=O)[O-])=C[C@H]1O.[Na+]. The first kappa shape index (κ1) is 17.6. The maximum atomic E-state index is 11.2. The van der Waals surface area contributed by atoms with E-state index in [1.807, 2.05) is 0 Å². The molecule has 0 unspecified atom stereocenters. The molecule has 8 heteroatoms. The zero-order chi connectivity index (χ0) is 14.4. The van der Waals surface area contributed by atoms with Crippen LogP contribution in [0.15, 0.2) is 11.6 Å². The van der Waals surface area contributed by atoms with Gasteiger partial charge in [0.25, 0.3) is 0 Å². The van der Waals surface area contributed by atoms with Gasteiger partial charge in [0.05, 0.1) is 18.1 Å². The molecule has 1 heterocycles. The zero-order valence-corrected chi connectivity index (χ0v) is 13.9. The van der Waals surface area contributed by atoms with Crippen LogP contribution in [0.25, 0.3) is 0 Å². The maximum Gasteiger partial charge on any atom is 1.00 e. The molecule has 2 aliphatic rings. The molecule has 2 rings (SSSR count). The summed E-state index contributed by atoms with van der Waals surface area (Å²) in [6.45, 7) is 4.57. The van der Waals surface area contributed by atoms with Gasteiger partial charge in [-0.25, -0.2) is 0 Å². The standard InChI is InChI=1S/C12H17NO6.Na/c1-5(14)13-8-7(15)4-6(11(16)17)9-10(8)19-12(2,3)18-9;/h4,7-10,15H,1-3H3,(H,13,14)(H,16,17);/q;+1/p-1/t7-,8-,9-,10+;/m1./s1. The molecule has 0 aromatic carbocycles. The summed E-state index contributed by atoms with van der Waals surface area (Å²) in [6, 6.07) is -0.757. The van der Waals surface area contributed by atoms with Gasteiger partial charge in [-0.1, -0.05) is 0 Å². The predicted octanol–water partition coefficient (Wildman–Crippen LogP) is -4.93. The van der Waals surface area contributed by atoms with E-state index in [-0.39, 0.29) is 41.0 Å². The van der Waals surface area contributed by atoms with Crippen LogP contribution in [-0.2, 0) is 19.1 Å². The zero-order valence-electron chi connectivity index (χ0n) is 11.9. The van der Waals surface area contributed by atoms with Crippen LogP contribution in [0.3, 0.4) is 0 Å². The molecule has 20 heavy (non-hydrogen) atoms. The second kappa shape index (κ2) is 6.13. The molecule has 106 valence electrons. The summed E-state index contributed by atoms with van der Waals surface area (Å²) in [5.74, 6) is -2.76. The molecule has 2 N–H and O–H groups in total. The van der Waals surface area contributed by atoms with Crippen LogP contribution in [-0.4, -0.2) is 47.1 Å². The predicted molar refractivity (Wildman–Crippen MR) is 60.5 cm³/mol. The molecule has 1 saturated heterocycles. The number of aliphatic hydroxyl groups is 1. The number of nitrogens with one attached hydrogen (secondary N) is 1. The normalized spacial score (nSPS) is 34.5. The minimum absolute atomic E-state index is 0. The Kier molecular flexibility index (Phi) is 5.40. The third-order valence-electron chi connectivity index (χ3n) is 3.11. The Balaban J connectivity index is 0.00000200. The van der Waals surface area contributed by atoms with Crippen molar-refractivity contribution in [1.29, 1.82) is 0 Å². The van der Waals surface area contributed by atoms with Gasteiger partial charge in [0.1, 0.15) is 12.2 Å². The number of carboxylic acid groups (broad SMARTS) is 1. The molecule has 1 aliphatic carbocycles. The van der Waals surface area contributed by atoms with Gasteiger partial charge < -0.3 is 29.8 Å². The minimum Gasteiger partial charge on any atom is -0.545 e. The Labute approximate surface area is 138 Å². The number of ether oxygens (including phenoxy) is 2. The molecule has 0 radical (unpaired) electrons. The van der Waals surface area contributed by atoms with E-state index in [1.165, 1.54) is 6.92 Å². The van der Waals surface area contributed by atoms with Crippen molar-refractivity contribution in [3.05, 3.63) is 11.6 Å². The molecule has 0 spiro atoms. The Bertz CT molecular complexity index is 449. The molecular weight excluding hydrogens is 277 g/mol. The largest absolute Gasteiger partial charge is 1.00 e. The average molecular weight is 293 g/mol. The molecule has 0 saturated carbocycles. The van der Waals surface area contributed by atoms with Crippen molar-refractivity contribution in [3.63, 3.8) is 0 Å². The smallest absolute Gasteiger partial charge is 0.545 e. The van der Waals surface area contributed by atoms with E-state index in [4.69, 9.17) is 9.47 Å². The van der Waals surface area contributed by atoms with Gasteiger partial charge in [-0.2, -0.15) is 0 Å². The van der Waals surface area contributed by atoms with Crippen molar-refractivity contribution in [1.82, 2.24) is 5.32 Å². The summed E-state index contributed by atoms with van der Waals surface area (Å²) in [5.41, 5.74) is -0.162. The maximum absolute atomic E-state index is 11.2. The third kappa shape index (κ3) is 3.41. The van der Waals surface area contributed by atoms with Gasteiger partial charge in [-0.3, -0.25) is 4.79 Å². The number of rotatable bonds is 2. The fourth-order valence-electron chi connectivity index (χ4n) is 2.46. The topological polar surface area (TPSA) is 108 Å². The van der Waals surface area contributed by atoms with Crippen LogP contribution in [0.5, 0.6) is 0 Å². The van der Waals surface area contributed by atoms with Crippen molar-refractivity contribution >= 4 is 11.9 Å². The molecule has 0 aromatic rings. The molecule has 7 nitrogen and oxygen atoms in total. The van der Waals surface area contributed by atoms with Gasteiger partial charge in [0.2, 0.25) is 5.91 Å². The van der Waals surface area contributed by atoms with Gasteiger partial charge in [0, 0.05) is 12.5 Å². The molecule has 1 fully saturated rings. The van der Waals surface area contributed by atoms with Crippen molar-refractivity contribution in [2.24, 2.45) is 0 Å². The molecule has 1 aliphatic heterocycles. The van der Waals surface area contributed by atoms with E-state index in [0.717, 1.165) is 6.08 Å². The van der Waals surface area contributed by atoms with Crippen LogP contribution in [0, 0.1) is 0 Å². The van der Waals surface area contributed by atoms with Crippen molar-refractivity contribution in [2.75, 3.05) is 0 Å². The van der Waals surface area contributed by atoms with Crippen LogP contribution < -0.4 is 40.0 Å². The van der Waals surface area contributed by atoms with Crippen LogP contribution >= 0.6 is 0 Å². The van der Waals surface area contributed by atoms with Crippen molar-refractivity contribution in [3.8, 4) is 0 Å². The summed E-state index contributed by atoms with van der Waals surface area (Å²) in [5, 5.41) is 23.6. The van der Waals surface area contributed by atoms with E-state index in [2.05, 4.69) is 5.32 Å². The van der Waals surface area contributed by atoms with E-state index < -0.39 is 36.1 Å². The third-order valence-corrected chi connectivity index (χ3v) is 3.11. The summed E-state index contributed by atoms with van der Waals surface area (Å²) < 4.78 is 11.1. The summed E-state index contributed by atoms with van der Waals surface area (Å²) >= 11 is 0. The van der Waals surface area contributed by atoms with Crippen LogP contribution in [0.1, 0.15) is 20.8 Å². The van der Waals surface area contributed by atoms with E-state index in [9.17, 15) is 19.8 Å². The number of fused-ring (bicyclic) bond motifs is 1. The van der Waals surface area contributed by atoms with E-state index in [0.29, 0.717) is 0 Å². The number of aliphatic carboxylic acids is 1. The van der Waals surface area contributed by atoms with Crippen molar-refractivity contribution < 1.29 is 58.8 Å². The van der Waals surface area contributed by atoms with Crippen molar-refractivity contribution in [2.45, 2.75) is 50.9 Å². The number of hydrogen-bond donors (Lipinski definition) is 2. The average Bonchev–Trinajstić information content (AvgIpc) is 2.56. The van der Waals surface area contributed by atoms with Gasteiger partial charge in [0.15, 0.2) is 5.79 Å². The Morgan fingerprint density at radius 2 is 2.00 bits per heavy atom. The quantitative estimate of drug-likeness (QED) is 0.494. The number of carbonyl (C=O) groups excluding carboxylic acids is 2. The molecule has 4 atom stereocenters. The van der Waals surface area contributed by atoms with Gasteiger partial charge >= 0.3 is 29.6 Å². The second-order valence-corrected chi connectivity index (χ2v) is 5.15. The molecule has 1 amide bonds. The monoisotopic (exact) mass is 293 g/mol. The van der Waals surface area contributed by atoms with E-state index in [1.54, 1.807) is 13.8 Å². The minimum atomic E-state index is -1.42. The Morgan fingerprint density at radius 3 is 2.50 bits per heavy atom. The first-order chi connectivity index (χ1) is 8.71.